The minimum atomic E-state index is -0.716. The Hall–Kier alpha value is -2.24. The highest BCUT2D eigenvalue weighted by Gasteiger charge is 2.14. The topological polar surface area (TPSA) is 46.9 Å². The van der Waals surface area contributed by atoms with Crippen molar-refractivity contribution in [2.45, 2.75) is 47.1 Å². The van der Waals surface area contributed by atoms with Gasteiger partial charge >= 0.3 is 0 Å². The van der Waals surface area contributed by atoms with Crippen molar-refractivity contribution in [2.75, 3.05) is 5.32 Å². The molecule has 0 saturated heterocycles. The number of aromatic nitrogens is 2. The van der Waals surface area contributed by atoms with E-state index < -0.39 is 11.6 Å². The smallest absolute Gasteiger partial charge is 0.224 e. The molecular formula is C18H23F2N3O. The number of anilines is 1. The molecule has 0 bridgehead atoms. The van der Waals surface area contributed by atoms with E-state index >= 15 is 0 Å². The van der Waals surface area contributed by atoms with Crippen LogP contribution in [-0.4, -0.2) is 15.7 Å². The monoisotopic (exact) mass is 335 g/mol. The van der Waals surface area contributed by atoms with E-state index in [1.807, 2.05) is 18.5 Å². The summed E-state index contributed by atoms with van der Waals surface area (Å²) in [5, 5.41) is 7.05. The lowest BCUT2D eigenvalue weighted by Crippen LogP contribution is -2.13. The Balaban J connectivity index is 2.00. The third-order valence-electron chi connectivity index (χ3n) is 3.82. The summed E-state index contributed by atoms with van der Waals surface area (Å²) in [6, 6.07) is 2.96. The lowest BCUT2D eigenvalue weighted by Gasteiger charge is -2.08. The molecule has 0 radical (unpaired) electrons. The van der Waals surface area contributed by atoms with Crippen molar-refractivity contribution in [1.29, 1.82) is 0 Å². The van der Waals surface area contributed by atoms with E-state index in [1.165, 1.54) is 0 Å². The van der Waals surface area contributed by atoms with E-state index in [4.69, 9.17) is 0 Å². The van der Waals surface area contributed by atoms with E-state index in [9.17, 15) is 13.6 Å². The van der Waals surface area contributed by atoms with Crippen molar-refractivity contribution in [1.82, 2.24) is 9.78 Å². The number of carbonyl (C=O) groups is 1. The van der Waals surface area contributed by atoms with Crippen LogP contribution in [0.4, 0.5) is 14.5 Å². The number of carbonyl (C=O) groups excluding carboxylic acids is 1. The maximum atomic E-state index is 13.1. The van der Waals surface area contributed by atoms with Gasteiger partial charge in [-0.2, -0.15) is 5.10 Å². The van der Waals surface area contributed by atoms with Crippen LogP contribution < -0.4 is 5.32 Å². The predicted octanol–water partition coefficient (Wildman–Crippen LogP) is 4.01. The fourth-order valence-electron chi connectivity index (χ4n) is 2.71. The van der Waals surface area contributed by atoms with Crippen LogP contribution in [0.2, 0.25) is 0 Å². The Bertz CT molecular complexity index is 718. The van der Waals surface area contributed by atoms with Gasteiger partial charge in [-0.15, -0.1) is 0 Å². The second-order valence-corrected chi connectivity index (χ2v) is 6.43. The largest absolute Gasteiger partial charge is 0.326 e. The lowest BCUT2D eigenvalue weighted by atomic mass is 10.1. The van der Waals surface area contributed by atoms with Gasteiger partial charge in [-0.05, 0) is 43.9 Å². The summed E-state index contributed by atoms with van der Waals surface area (Å²) in [4.78, 5) is 12.0. The third-order valence-corrected chi connectivity index (χ3v) is 3.82. The zero-order valence-corrected chi connectivity index (χ0v) is 14.5. The number of hydrogen-bond acceptors (Lipinski definition) is 2. The fourth-order valence-corrected chi connectivity index (χ4v) is 2.71. The molecule has 0 saturated carbocycles. The van der Waals surface area contributed by atoms with E-state index in [0.29, 0.717) is 12.3 Å². The first-order valence-corrected chi connectivity index (χ1v) is 8.05. The van der Waals surface area contributed by atoms with Crippen LogP contribution in [0.3, 0.4) is 0 Å². The maximum absolute atomic E-state index is 13.1. The van der Waals surface area contributed by atoms with Gasteiger partial charge in [-0.1, -0.05) is 13.8 Å². The standard InChI is InChI=1S/C18H23F2N3O/c1-11(2)10-23-13(4)17(12(3)22-23)5-6-18(24)21-16-8-14(19)7-15(20)9-16/h7-9,11H,5-6,10H2,1-4H3,(H,21,24). The van der Waals surface area contributed by atoms with Crippen molar-refractivity contribution in [3.8, 4) is 0 Å². The molecule has 6 heteroatoms. The molecule has 0 aliphatic heterocycles. The SMILES string of the molecule is Cc1nn(CC(C)C)c(C)c1CCC(=O)Nc1cc(F)cc(F)c1. The summed E-state index contributed by atoms with van der Waals surface area (Å²) < 4.78 is 28.2. The number of benzene rings is 1. The van der Waals surface area contributed by atoms with E-state index in [0.717, 1.165) is 41.7 Å². The molecule has 1 aromatic carbocycles. The molecule has 0 aliphatic carbocycles. The molecule has 2 rings (SSSR count). The first-order valence-electron chi connectivity index (χ1n) is 8.05. The van der Waals surface area contributed by atoms with Crippen LogP contribution >= 0.6 is 0 Å². The molecule has 1 N–H and O–H groups in total. The average molecular weight is 335 g/mol. The number of rotatable bonds is 6. The number of aryl methyl sites for hydroxylation is 1. The van der Waals surface area contributed by atoms with E-state index in [1.54, 1.807) is 0 Å². The highest BCUT2D eigenvalue weighted by Crippen LogP contribution is 2.18. The van der Waals surface area contributed by atoms with Gasteiger partial charge in [-0.3, -0.25) is 9.48 Å². The zero-order chi connectivity index (χ0) is 17.9. The van der Waals surface area contributed by atoms with Gasteiger partial charge in [0.25, 0.3) is 0 Å². The summed E-state index contributed by atoms with van der Waals surface area (Å²) >= 11 is 0. The van der Waals surface area contributed by atoms with Crippen LogP contribution in [0.5, 0.6) is 0 Å². The van der Waals surface area contributed by atoms with Crippen LogP contribution in [0.15, 0.2) is 18.2 Å². The minimum Gasteiger partial charge on any atom is -0.326 e. The maximum Gasteiger partial charge on any atom is 0.224 e. The Morgan fingerprint density at radius 2 is 1.83 bits per heavy atom. The summed E-state index contributed by atoms with van der Waals surface area (Å²) in [6.07, 6.45) is 0.770. The molecule has 4 nitrogen and oxygen atoms in total. The van der Waals surface area contributed by atoms with E-state index in [2.05, 4.69) is 24.3 Å². The summed E-state index contributed by atoms with van der Waals surface area (Å²) in [7, 11) is 0. The molecule has 2 aromatic rings. The second-order valence-electron chi connectivity index (χ2n) is 6.43. The van der Waals surface area contributed by atoms with Crippen molar-refractivity contribution >= 4 is 11.6 Å². The second kappa shape index (κ2) is 7.55. The van der Waals surface area contributed by atoms with Crippen LogP contribution in [0.25, 0.3) is 0 Å². The van der Waals surface area contributed by atoms with Crippen LogP contribution in [0, 0.1) is 31.4 Å². The Labute approximate surface area is 140 Å². The summed E-state index contributed by atoms with van der Waals surface area (Å²) in [5.74, 6) is -1.23. The van der Waals surface area contributed by atoms with E-state index in [-0.39, 0.29) is 18.0 Å². The lowest BCUT2D eigenvalue weighted by molar-refractivity contribution is -0.116. The van der Waals surface area contributed by atoms with Gasteiger partial charge in [0, 0.05) is 30.4 Å². The zero-order valence-electron chi connectivity index (χ0n) is 14.5. The van der Waals surface area contributed by atoms with Gasteiger partial charge < -0.3 is 5.32 Å². The fraction of sp³-hybridized carbons (Fsp3) is 0.444. The van der Waals surface area contributed by atoms with Gasteiger partial charge in [0.05, 0.1) is 5.69 Å². The molecule has 1 amide bonds. The van der Waals surface area contributed by atoms with Gasteiger partial charge in [0.2, 0.25) is 5.91 Å². The Morgan fingerprint density at radius 3 is 2.42 bits per heavy atom. The molecule has 0 atom stereocenters. The first kappa shape index (κ1) is 18.1. The van der Waals surface area contributed by atoms with Gasteiger partial charge in [0.1, 0.15) is 11.6 Å². The van der Waals surface area contributed by atoms with Gasteiger partial charge in [-0.25, -0.2) is 8.78 Å². The van der Waals surface area contributed by atoms with Crippen LogP contribution in [-0.2, 0) is 17.8 Å². The quantitative estimate of drug-likeness (QED) is 0.867. The third kappa shape index (κ3) is 4.63. The molecule has 1 heterocycles. The molecule has 0 spiro atoms. The average Bonchev–Trinajstić information content (AvgIpc) is 2.69. The molecular weight excluding hydrogens is 312 g/mol. The minimum absolute atomic E-state index is 0.126. The molecule has 130 valence electrons. The summed E-state index contributed by atoms with van der Waals surface area (Å²) in [5.41, 5.74) is 3.15. The predicted molar refractivity (Wildman–Crippen MR) is 89.8 cm³/mol. The number of nitrogens with zero attached hydrogens (tertiary/aromatic N) is 2. The molecule has 0 fully saturated rings. The highest BCUT2D eigenvalue weighted by atomic mass is 19.1. The van der Waals surface area contributed by atoms with Crippen molar-refractivity contribution < 1.29 is 13.6 Å². The molecule has 1 aromatic heterocycles. The molecule has 0 unspecified atom stereocenters. The van der Waals surface area contributed by atoms with Crippen molar-refractivity contribution in [3.63, 3.8) is 0 Å². The normalized spacial score (nSPS) is 11.1. The number of amides is 1. The number of nitrogens with one attached hydrogen (secondary N) is 1. The molecule has 24 heavy (non-hydrogen) atoms. The highest BCUT2D eigenvalue weighted by molar-refractivity contribution is 5.90. The Morgan fingerprint density at radius 1 is 1.21 bits per heavy atom. The Kier molecular flexibility index (Phi) is 5.70. The van der Waals surface area contributed by atoms with Crippen molar-refractivity contribution in [2.24, 2.45) is 5.92 Å². The first-order chi connectivity index (χ1) is 11.3. The summed E-state index contributed by atoms with van der Waals surface area (Å²) in [6.45, 7) is 9.02. The number of halogens is 2. The van der Waals surface area contributed by atoms with Gasteiger partial charge in [0.15, 0.2) is 0 Å². The molecule has 0 aliphatic rings. The number of hydrogen-bond donors (Lipinski definition) is 1. The van der Waals surface area contributed by atoms with Crippen LogP contribution in [0.1, 0.15) is 37.2 Å². The van der Waals surface area contributed by atoms with Crippen molar-refractivity contribution in [3.05, 3.63) is 46.8 Å².